The summed E-state index contributed by atoms with van der Waals surface area (Å²) in [6.07, 6.45) is 5.67. The van der Waals surface area contributed by atoms with Crippen LogP contribution in [0.5, 0.6) is 5.75 Å². The molecule has 1 aromatic carbocycles. The highest BCUT2D eigenvalue weighted by molar-refractivity contribution is 6.30. The van der Waals surface area contributed by atoms with Crippen LogP contribution in [-0.2, 0) is 6.42 Å². The van der Waals surface area contributed by atoms with Crippen LogP contribution in [0.4, 0.5) is 0 Å². The lowest BCUT2D eigenvalue weighted by Gasteiger charge is -2.24. The van der Waals surface area contributed by atoms with Crippen molar-refractivity contribution in [3.8, 4) is 5.75 Å². The summed E-state index contributed by atoms with van der Waals surface area (Å²) in [5, 5.41) is 0.778. The molecule has 0 radical (unpaired) electrons. The highest BCUT2D eigenvalue weighted by Crippen LogP contribution is 2.39. The van der Waals surface area contributed by atoms with Crippen LogP contribution in [0.3, 0.4) is 0 Å². The van der Waals surface area contributed by atoms with Crippen LogP contribution < -0.4 is 10.5 Å². The highest BCUT2D eigenvalue weighted by atomic mass is 35.5. The average molecular weight is 282 g/mol. The number of benzene rings is 1. The molecule has 0 spiro atoms. The first-order valence-corrected chi connectivity index (χ1v) is 7.75. The van der Waals surface area contributed by atoms with E-state index in [2.05, 4.69) is 13.8 Å². The monoisotopic (exact) mass is 281 g/mol. The van der Waals surface area contributed by atoms with E-state index in [0.29, 0.717) is 5.92 Å². The van der Waals surface area contributed by atoms with E-state index < -0.39 is 0 Å². The Balaban J connectivity index is 2.25. The quantitative estimate of drug-likeness (QED) is 0.834. The van der Waals surface area contributed by atoms with E-state index in [1.54, 1.807) is 0 Å². The molecule has 1 aliphatic rings. The van der Waals surface area contributed by atoms with Crippen LogP contribution in [0, 0.1) is 5.92 Å². The van der Waals surface area contributed by atoms with Crippen molar-refractivity contribution in [2.45, 2.75) is 52.0 Å². The Morgan fingerprint density at radius 3 is 2.84 bits per heavy atom. The summed E-state index contributed by atoms with van der Waals surface area (Å²) in [7, 11) is 0. The molecule has 3 heteroatoms. The zero-order valence-electron chi connectivity index (χ0n) is 11.9. The minimum atomic E-state index is 0.0297. The summed E-state index contributed by atoms with van der Waals surface area (Å²) in [5.41, 5.74) is 8.81. The SMILES string of the molecule is CCCCC(CC)C(N)c1cc(Cl)cc2c1OCC2. The Labute approximate surface area is 121 Å². The molecular formula is C16H24ClNO. The van der Waals surface area contributed by atoms with Crippen molar-refractivity contribution in [3.05, 3.63) is 28.3 Å². The number of halogens is 1. The summed E-state index contributed by atoms with van der Waals surface area (Å²) in [6.45, 7) is 5.19. The van der Waals surface area contributed by atoms with Crippen molar-refractivity contribution in [3.63, 3.8) is 0 Å². The van der Waals surface area contributed by atoms with Crippen molar-refractivity contribution in [1.82, 2.24) is 0 Å². The molecule has 0 fully saturated rings. The number of rotatable bonds is 6. The van der Waals surface area contributed by atoms with Crippen LogP contribution in [0.2, 0.25) is 5.02 Å². The van der Waals surface area contributed by atoms with Crippen LogP contribution in [0.1, 0.15) is 56.7 Å². The molecule has 1 aliphatic heterocycles. The van der Waals surface area contributed by atoms with Crippen molar-refractivity contribution in [1.29, 1.82) is 0 Å². The summed E-state index contributed by atoms with van der Waals surface area (Å²) < 4.78 is 5.77. The highest BCUT2D eigenvalue weighted by Gasteiger charge is 2.25. The van der Waals surface area contributed by atoms with Gasteiger partial charge < -0.3 is 10.5 Å². The van der Waals surface area contributed by atoms with Gasteiger partial charge in [0.2, 0.25) is 0 Å². The smallest absolute Gasteiger partial charge is 0.127 e. The van der Waals surface area contributed by atoms with Gasteiger partial charge in [-0.15, -0.1) is 0 Å². The van der Waals surface area contributed by atoms with Crippen molar-refractivity contribution >= 4 is 11.6 Å². The maximum Gasteiger partial charge on any atom is 0.127 e. The van der Waals surface area contributed by atoms with Crippen molar-refractivity contribution in [2.24, 2.45) is 11.7 Å². The van der Waals surface area contributed by atoms with Gasteiger partial charge in [-0.25, -0.2) is 0 Å². The fraction of sp³-hybridized carbons (Fsp3) is 0.625. The van der Waals surface area contributed by atoms with Gasteiger partial charge in [-0.3, -0.25) is 0 Å². The number of fused-ring (bicyclic) bond motifs is 1. The van der Waals surface area contributed by atoms with Crippen molar-refractivity contribution in [2.75, 3.05) is 6.61 Å². The van der Waals surface area contributed by atoms with Gasteiger partial charge in [0.1, 0.15) is 5.75 Å². The molecule has 0 amide bonds. The third kappa shape index (κ3) is 3.24. The maximum atomic E-state index is 6.49. The predicted molar refractivity (Wildman–Crippen MR) is 80.9 cm³/mol. The molecule has 0 saturated carbocycles. The van der Waals surface area contributed by atoms with E-state index >= 15 is 0 Å². The Morgan fingerprint density at radius 1 is 1.37 bits per heavy atom. The molecule has 1 aromatic rings. The lowest BCUT2D eigenvalue weighted by Crippen LogP contribution is -2.21. The van der Waals surface area contributed by atoms with Gasteiger partial charge in [0.25, 0.3) is 0 Å². The Morgan fingerprint density at radius 2 is 2.16 bits per heavy atom. The predicted octanol–water partition coefficient (Wildman–Crippen LogP) is 4.49. The largest absolute Gasteiger partial charge is 0.493 e. The Bertz CT molecular complexity index is 433. The first-order valence-electron chi connectivity index (χ1n) is 7.38. The zero-order chi connectivity index (χ0) is 13.8. The van der Waals surface area contributed by atoms with Gasteiger partial charge in [-0.05, 0) is 30.0 Å². The molecular weight excluding hydrogens is 258 g/mol. The first-order chi connectivity index (χ1) is 9.17. The lowest BCUT2D eigenvalue weighted by atomic mass is 9.86. The van der Waals surface area contributed by atoms with Crippen LogP contribution in [-0.4, -0.2) is 6.61 Å². The van der Waals surface area contributed by atoms with Gasteiger partial charge in [-0.1, -0.05) is 44.7 Å². The topological polar surface area (TPSA) is 35.2 Å². The van der Waals surface area contributed by atoms with E-state index in [4.69, 9.17) is 22.1 Å². The Hall–Kier alpha value is -0.730. The van der Waals surface area contributed by atoms with Gasteiger partial charge in [-0.2, -0.15) is 0 Å². The molecule has 0 bridgehead atoms. The maximum absolute atomic E-state index is 6.49. The van der Waals surface area contributed by atoms with E-state index in [9.17, 15) is 0 Å². The molecule has 0 aliphatic carbocycles. The van der Waals surface area contributed by atoms with Gasteiger partial charge in [0.15, 0.2) is 0 Å². The third-order valence-corrected chi connectivity index (χ3v) is 4.32. The van der Waals surface area contributed by atoms with E-state index in [-0.39, 0.29) is 6.04 Å². The van der Waals surface area contributed by atoms with Gasteiger partial charge in [0, 0.05) is 23.0 Å². The minimum Gasteiger partial charge on any atom is -0.493 e. The van der Waals surface area contributed by atoms with Crippen molar-refractivity contribution < 1.29 is 4.74 Å². The van der Waals surface area contributed by atoms with E-state index in [0.717, 1.165) is 35.8 Å². The molecule has 2 unspecified atom stereocenters. The fourth-order valence-electron chi connectivity index (χ4n) is 2.90. The molecule has 1 heterocycles. The molecule has 0 aromatic heterocycles. The minimum absolute atomic E-state index is 0.0297. The fourth-order valence-corrected chi connectivity index (χ4v) is 3.15. The molecule has 2 rings (SSSR count). The average Bonchev–Trinajstić information content (AvgIpc) is 2.86. The molecule has 2 atom stereocenters. The second kappa shape index (κ2) is 6.62. The van der Waals surface area contributed by atoms with Crippen LogP contribution in [0.15, 0.2) is 12.1 Å². The van der Waals surface area contributed by atoms with Crippen LogP contribution in [0.25, 0.3) is 0 Å². The van der Waals surface area contributed by atoms with Gasteiger partial charge in [0.05, 0.1) is 6.61 Å². The second-order valence-corrected chi connectivity index (χ2v) is 5.85. The number of unbranched alkanes of at least 4 members (excludes halogenated alkanes) is 1. The first kappa shape index (κ1) is 14.7. The van der Waals surface area contributed by atoms with E-state index in [1.807, 2.05) is 12.1 Å². The zero-order valence-corrected chi connectivity index (χ0v) is 12.7. The summed E-state index contributed by atoms with van der Waals surface area (Å²) in [5.74, 6) is 1.50. The molecule has 2 N–H and O–H groups in total. The second-order valence-electron chi connectivity index (χ2n) is 5.42. The lowest BCUT2D eigenvalue weighted by molar-refractivity contribution is 0.334. The van der Waals surface area contributed by atoms with E-state index in [1.165, 1.54) is 24.8 Å². The summed E-state index contributed by atoms with van der Waals surface area (Å²) in [6, 6.07) is 4.03. The molecule has 2 nitrogen and oxygen atoms in total. The Kier molecular flexibility index (Phi) is 5.12. The summed E-state index contributed by atoms with van der Waals surface area (Å²) in [4.78, 5) is 0. The summed E-state index contributed by atoms with van der Waals surface area (Å²) >= 11 is 6.21. The normalized spacial score (nSPS) is 16.8. The number of hydrogen-bond donors (Lipinski definition) is 1. The van der Waals surface area contributed by atoms with Crippen LogP contribution >= 0.6 is 11.6 Å². The molecule has 19 heavy (non-hydrogen) atoms. The van der Waals surface area contributed by atoms with Gasteiger partial charge >= 0.3 is 0 Å². The third-order valence-electron chi connectivity index (χ3n) is 4.10. The number of nitrogens with two attached hydrogens (primary N) is 1. The standard InChI is InChI=1S/C16H24ClNO/c1-3-5-6-11(4-2)15(18)14-10-13(17)9-12-7-8-19-16(12)14/h9-11,15H,3-8,18H2,1-2H3. The molecule has 0 saturated heterocycles. The number of ether oxygens (including phenoxy) is 1. The molecule has 106 valence electrons. The number of hydrogen-bond acceptors (Lipinski definition) is 2.